The first-order chi connectivity index (χ1) is 3.15. The summed E-state index contributed by atoms with van der Waals surface area (Å²) in [5, 5.41) is 7.57. The molecule has 0 spiro atoms. The van der Waals surface area contributed by atoms with Crippen molar-refractivity contribution in [1.29, 1.82) is 0 Å². The Kier molecular flexibility index (Phi) is 13.7. The Morgan fingerprint density at radius 2 is 1.57 bits per heavy atom. The molecule has 5 heteroatoms. The molecule has 0 rings (SSSR count). The molecular weight excluding hydrogens is 119 g/mol. The predicted octanol–water partition coefficient (Wildman–Crippen LogP) is -0.641. The molecule has 0 atom stereocenters. The van der Waals surface area contributed by atoms with E-state index in [1.54, 1.807) is 6.92 Å². The van der Waals surface area contributed by atoms with E-state index in [9.17, 15) is 0 Å². The smallest absolute Gasteiger partial charge is 0.314 e. The molecule has 3 N–H and O–H groups in total. The van der Waals surface area contributed by atoms with Gasteiger partial charge in [-0.1, -0.05) is 0 Å². The first-order valence-electron chi connectivity index (χ1n) is 1.67. The third-order valence-electron chi connectivity index (χ3n) is 0. The average molecular weight is 128 g/mol. The third-order valence-corrected chi connectivity index (χ3v) is 0. The number of rotatable bonds is 0. The van der Waals surface area contributed by atoms with Gasteiger partial charge in [-0.05, 0) is 6.92 Å². The van der Waals surface area contributed by atoms with Gasteiger partial charge in [0, 0.05) is 6.61 Å². The molecule has 0 amide bonds. The first-order valence-corrected chi connectivity index (χ1v) is 2.98. The largest absolute Gasteiger partial charge is 0.397 e. The summed E-state index contributed by atoms with van der Waals surface area (Å²) < 4.78 is 8.74. The molecule has 0 saturated carbocycles. The fraction of sp³-hybridized carbons (Fsp3) is 1.00. The minimum atomic E-state index is -3.13. The number of aliphatic hydroxyl groups is 1. The summed E-state index contributed by atoms with van der Waals surface area (Å²) in [5.74, 6) is 0. The van der Waals surface area contributed by atoms with Crippen LogP contribution < -0.4 is 0 Å². The normalized spacial score (nSPS) is 7.57. The maximum absolute atomic E-state index is 8.74. The molecule has 0 fully saturated rings. The maximum atomic E-state index is 8.74. The summed E-state index contributed by atoms with van der Waals surface area (Å²) in [5.41, 5.74) is 0. The minimum Gasteiger partial charge on any atom is -0.397 e. The van der Waals surface area contributed by atoms with Crippen molar-refractivity contribution in [2.24, 2.45) is 0 Å². The molecule has 0 aromatic rings. The van der Waals surface area contributed by atoms with Crippen molar-refractivity contribution >= 4 is 8.25 Å². The van der Waals surface area contributed by atoms with Crippen LogP contribution in [0.2, 0.25) is 0 Å². The van der Waals surface area contributed by atoms with E-state index in [0.29, 0.717) is 0 Å². The number of aliphatic hydroxyl groups excluding tert-OH is 1. The molecule has 0 aliphatic rings. The second-order valence-electron chi connectivity index (χ2n) is 0.599. The first kappa shape index (κ1) is 10.2. The van der Waals surface area contributed by atoms with Gasteiger partial charge >= 0.3 is 8.25 Å². The zero-order valence-corrected chi connectivity index (χ0v) is 4.96. The summed E-state index contributed by atoms with van der Waals surface area (Å²) >= 11 is 0. The minimum absolute atomic E-state index is 0.250. The Bertz CT molecular complexity index is 41.0. The van der Waals surface area contributed by atoms with E-state index >= 15 is 0 Å². The summed E-state index contributed by atoms with van der Waals surface area (Å²) in [6.07, 6.45) is 0. The Labute approximate surface area is 42.4 Å². The Balaban J connectivity index is 0. The van der Waals surface area contributed by atoms with E-state index in [-0.39, 0.29) is 6.61 Å². The van der Waals surface area contributed by atoms with Crippen LogP contribution in [0.5, 0.6) is 0 Å². The van der Waals surface area contributed by atoms with E-state index in [4.69, 9.17) is 19.5 Å². The Morgan fingerprint density at radius 3 is 1.57 bits per heavy atom. The van der Waals surface area contributed by atoms with E-state index in [1.165, 1.54) is 0 Å². The van der Waals surface area contributed by atoms with Crippen LogP contribution in [0.3, 0.4) is 0 Å². The van der Waals surface area contributed by atoms with E-state index in [2.05, 4.69) is 0 Å². The third kappa shape index (κ3) is 8530. The SMILES string of the molecule is CCO.O=[PH](O)O. The van der Waals surface area contributed by atoms with Crippen LogP contribution in [0, 0.1) is 0 Å². The van der Waals surface area contributed by atoms with Crippen LogP contribution in [0.1, 0.15) is 6.92 Å². The van der Waals surface area contributed by atoms with Gasteiger partial charge in [-0.3, -0.25) is 4.57 Å². The fourth-order valence-electron chi connectivity index (χ4n) is 0. The standard InChI is InChI=1S/C2H6O.H3O3P/c1-2-3;1-4(2)3/h3H,2H2,1H3;4H,(H2,1,2,3). The average Bonchev–Trinajstić information content (AvgIpc) is 1.33. The molecule has 46 valence electrons. The topological polar surface area (TPSA) is 77.8 Å². The van der Waals surface area contributed by atoms with Gasteiger partial charge in [0.1, 0.15) is 0 Å². The Morgan fingerprint density at radius 1 is 1.57 bits per heavy atom. The molecule has 7 heavy (non-hydrogen) atoms. The molecule has 0 unspecified atom stereocenters. The highest BCUT2D eigenvalue weighted by Crippen LogP contribution is 1.98. The Hall–Kier alpha value is 0.110. The van der Waals surface area contributed by atoms with Crippen molar-refractivity contribution < 1.29 is 19.5 Å². The highest BCUT2D eigenvalue weighted by atomic mass is 31.1. The van der Waals surface area contributed by atoms with E-state index in [0.717, 1.165) is 0 Å². The van der Waals surface area contributed by atoms with Gasteiger partial charge in [0.15, 0.2) is 0 Å². The second kappa shape index (κ2) is 9.44. The van der Waals surface area contributed by atoms with Crippen molar-refractivity contribution in [3.63, 3.8) is 0 Å². The van der Waals surface area contributed by atoms with E-state index in [1.807, 2.05) is 0 Å². The fourth-order valence-corrected chi connectivity index (χ4v) is 0. The molecule has 0 aromatic carbocycles. The van der Waals surface area contributed by atoms with Gasteiger partial charge in [0.05, 0.1) is 0 Å². The highest BCUT2D eigenvalue weighted by molar-refractivity contribution is 7.30. The number of hydrogen-bond acceptors (Lipinski definition) is 2. The lowest BCUT2D eigenvalue weighted by molar-refractivity contribution is 0.318. The van der Waals surface area contributed by atoms with Crippen molar-refractivity contribution in [3.8, 4) is 0 Å². The molecule has 0 aliphatic heterocycles. The quantitative estimate of drug-likeness (QED) is 0.379. The summed E-state index contributed by atoms with van der Waals surface area (Å²) in [6.45, 7) is 1.93. The van der Waals surface area contributed by atoms with Crippen molar-refractivity contribution in [1.82, 2.24) is 0 Å². The van der Waals surface area contributed by atoms with Gasteiger partial charge < -0.3 is 14.9 Å². The number of hydrogen-bond donors (Lipinski definition) is 3. The molecule has 0 aliphatic carbocycles. The van der Waals surface area contributed by atoms with Gasteiger partial charge in [-0.15, -0.1) is 0 Å². The lowest BCUT2D eigenvalue weighted by atomic mass is 10.9. The zero-order chi connectivity index (χ0) is 6.28. The second-order valence-corrected chi connectivity index (χ2v) is 1.16. The molecule has 0 heterocycles. The zero-order valence-electron chi connectivity index (χ0n) is 3.96. The van der Waals surface area contributed by atoms with Crippen molar-refractivity contribution in [3.05, 3.63) is 0 Å². The van der Waals surface area contributed by atoms with Crippen LogP contribution in [-0.4, -0.2) is 21.5 Å². The monoisotopic (exact) mass is 128 g/mol. The molecule has 0 radical (unpaired) electrons. The van der Waals surface area contributed by atoms with Crippen LogP contribution in [0.4, 0.5) is 0 Å². The lowest BCUT2D eigenvalue weighted by Gasteiger charge is -1.61. The highest BCUT2D eigenvalue weighted by Gasteiger charge is 1.61. The van der Waals surface area contributed by atoms with Gasteiger partial charge in [0.2, 0.25) is 0 Å². The summed E-state index contributed by atoms with van der Waals surface area (Å²) in [6, 6.07) is 0. The van der Waals surface area contributed by atoms with Crippen LogP contribution in [0.25, 0.3) is 0 Å². The maximum Gasteiger partial charge on any atom is 0.314 e. The molecular formula is C2H9O4P. The van der Waals surface area contributed by atoms with Gasteiger partial charge in [0.25, 0.3) is 0 Å². The molecule has 0 saturated heterocycles. The molecule has 0 aromatic heterocycles. The van der Waals surface area contributed by atoms with Crippen LogP contribution in [0.15, 0.2) is 0 Å². The molecule has 0 bridgehead atoms. The van der Waals surface area contributed by atoms with Crippen molar-refractivity contribution in [2.75, 3.05) is 6.61 Å². The summed E-state index contributed by atoms with van der Waals surface area (Å²) in [7, 11) is -3.13. The van der Waals surface area contributed by atoms with Gasteiger partial charge in [-0.25, -0.2) is 0 Å². The molecule has 4 nitrogen and oxygen atoms in total. The summed E-state index contributed by atoms with van der Waals surface area (Å²) in [4.78, 5) is 14.3. The van der Waals surface area contributed by atoms with Crippen LogP contribution in [-0.2, 0) is 4.57 Å². The van der Waals surface area contributed by atoms with Gasteiger partial charge in [-0.2, -0.15) is 0 Å². The predicted molar refractivity (Wildman–Crippen MR) is 26.2 cm³/mol. The van der Waals surface area contributed by atoms with E-state index < -0.39 is 8.25 Å². The van der Waals surface area contributed by atoms with Crippen LogP contribution >= 0.6 is 8.25 Å². The lowest BCUT2D eigenvalue weighted by Crippen LogP contribution is -1.57. The van der Waals surface area contributed by atoms with Crippen molar-refractivity contribution in [2.45, 2.75) is 6.92 Å².